The van der Waals surface area contributed by atoms with Crippen molar-refractivity contribution in [2.24, 2.45) is 0 Å². The highest BCUT2D eigenvalue weighted by atomic mass is 31.2. The Balaban J connectivity index is 5.34. The third-order valence-electron chi connectivity index (χ3n) is 18.0. The van der Waals surface area contributed by atoms with Gasteiger partial charge in [-0.2, -0.15) is 0 Å². The fraction of sp³-hybridized carbons (Fsp3) is 0.770. The predicted octanol–water partition coefficient (Wildman–Crippen LogP) is 25.1. The van der Waals surface area contributed by atoms with Crippen LogP contribution in [0.5, 0.6) is 0 Å². The highest BCUT2D eigenvalue weighted by molar-refractivity contribution is 7.47. The van der Waals surface area contributed by atoms with Crippen molar-refractivity contribution < 1.29 is 80.2 Å². The van der Waals surface area contributed by atoms with E-state index in [9.17, 15) is 43.2 Å². The number of allylic oxidation sites excluding steroid dienone is 16. The molecular formula is C87H154O17P2. The summed E-state index contributed by atoms with van der Waals surface area (Å²) in [6.45, 7) is 4.78. The lowest BCUT2D eigenvalue weighted by Crippen LogP contribution is -2.30. The Morgan fingerprint density at radius 1 is 0.264 bits per heavy atom. The first-order valence-corrected chi connectivity index (χ1v) is 45.5. The van der Waals surface area contributed by atoms with Crippen molar-refractivity contribution in [1.82, 2.24) is 0 Å². The van der Waals surface area contributed by atoms with Gasteiger partial charge in [-0.05, 0) is 128 Å². The van der Waals surface area contributed by atoms with Gasteiger partial charge in [0, 0.05) is 25.7 Å². The molecular weight excluding hydrogens is 1380 g/mol. The number of carbonyl (C=O) groups excluding carboxylic acids is 4. The summed E-state index contributed by atoms with van der Waals surface area (Å²) in [4.78, 5) is 73.2. The number of esters is 4. The monoisotopic (exact) mass is 1530 g/mol. The molecule has 0 aliphatic rings. The number of carbonyl (C=O) groups is 4. The van der Waals surface area contributed by atoms with Crippen molar-refractivity contribution in [2.45, 2.75) is 393 Å². The summed E-state index contributed by atoms with van der Waals surface area (Å²) in [6.07, 6.45) is 85.1. The smallest absolute Gasteiger partial charge is 0.462 e. The number of unbranched alkanes of at least 4 members (excludes halogenated alkanes) is 38. The van der Waals surface area contributed by atoms with E-state index in [1.165, 1.54) is 103 Å². The normalized spacial score (nSPS) is 14.3. The number of aliphatic hydroxyl groups is 1. The Bertz CT molecular complexity index is 2380. The number of hydrogen-bond donors (Lipinski definition) is 3. The molecule has 0 aromatic rings. The molecule has 614 valence electrons. The van der Waals surface area contributed by atoms with Crippen LogP contribution in [0, 0.1) is 0 Å². The van der Waals surface area contributed by atoms with Crippen LogP contribution in [0.2, 0.25) is 0 Å². The van der Waals surface area contributed by atoms with Crippen molar-refractivity contribution in [3.05, 3.63) is 97.2 Å². The van der Waals surface area contributed by atoms with Crippen LogP contribution in [-0.4, -0.2) is 96.7 Å². The highest BCUT2D eigenvalue weighted by Gasteiger charge is 2.30. The molecule has 3 N–H and O–H groups in total. The number of phosphoric ester groups is 2. The largest absolute Gasteiger partial charge is 0.472 e. The quantitative estimate of drug-likeness (QED) is 0.0169. The molecule has 0 fully saturated rings. The second-order valence-electron chi connectivity index (χ2n) is 28.4. The number of hydrogen-bond acceptors (Lipinski definition) is 15. The third kappa shape index (κ3) is 78.1. The number of rotatable bonds is 80. The minimum absolute atomic E-state index is 0.0762. The molecule has 0 aromatic heterocycles. The molecule has 0 rings (SSSR count). The molecule has 0 aliphatic heterocycles. The Hall–Kier alpha value is -4.02. The molecule has 17 nitrogen and oxygen atoms in total. The van der Waals surface area contributed by atoms with Crippen LogP contribution in [0.3, 0.4) is 0 Å². The first-order chi connectivity index (χ1) is 51.7. The van der Waals surface area contributed by atoms with Crippen LogP contribution in [0.25, 0.3) is 0 Å². The first-order valence-electron chi connectivity index (χ1n) is 42.5. The zero-order valence-corrected chi connectivity index (χ0v) is 69.1. The zero-order valence-electron chi connectivity index (χ0n) is 67.3. The van der Waals surface area contributed by atoms with Gasteiger partial charge >= 0.3 is 39.5 Å². The average Bonchev–Trinajstić information content (AvgIpc) is 0.902. The molecule has 106 heavy (non-hydrogen) atoms. The van der Waals surface area contributed by atoms with E-state index in [0.29, 0.717) is 25.7 Å². The highest BCUT2D eigenvalue weighted by Crippen LogP contribution is 2.45. The van der Waals surface area contributed by atoms with Gasteiger partial charge in [0.1, 0.15) is 19.3 Å². The van der Waals surface area contributed by atoms with Gasteiger partial charge in [-0.1, -0.05) is 318 Å². The summed E-state index contributed by atoms with van der Waals surface area (Å²) < 4.78 is 68.8. The Morgan fingerprint density at radius 3 is 0.764 bits per heavy atom. The molecule has 0 radical (unpaired) electrons. The van der Waals surface area contributed by atoms with E-state index in [1.807, 2.05) is 0 Å². The SMILES string of the molecule is CCC/C=C\C/C=C\CCCCCCCC(=O)OC(COC(=O)CCCCCCCC/C=C\C/C=C\C/C=C\CCCCC)COP(=O)(O)OCC(O)COP(=O)(O)OCC(COC(=O)CCCCCCCC/C=C\C/C=C\C/C=C\CCCCC)OC(=O)CCCCCCCCCCCCCCCCC. The van der Waals surface area contributed by atoms with Crippen LogP contribution in [0.1, 0.15) is 374 Å². The lowest BCUT2D eigenvalue weighted by Gasteiger charge is -2.21. The van der Waals surface area contributed by atoms with Crippen LogP contribution in [-0.2, 0) is 65.4 Å². The molecule has 0 saturated heterocycles. The van der Waals surface area contributed by atoms with Crippen molar-refractivity contribution in [1.29, 1.82) is 0 Å². The topological polar surface area (TPSA) is 237 Å². The standard InChI is InChI=1S/C87H154O17P2/c1-5-9-13-17-21-25-29-33-36-38-40-42-45-48-51-55-59-63-67-71-84(89)97-77-82(103-86(91)73-69-65-61-57-53-47-32-28-24-20-16-12-8-4)79-101-105(93,94)99-75-81(88)76-100-106(95,96)102-80-83(104-87(92)74-70-66-62-58-54-50-44-35-31-27-23-19-15-11-7-3)78-98-85(90)72-68-64-60-56-52-49-46-43-41-39-37-34-30-26-22-18-14-10-6-2/h16,20-22,25-26,28,32-34,36-37,40-43,81-83,88H,5-15,17-19,23-24,27,29-31,35,38-39,44-80H2,1-4H3,(H,93,94)(H,95,96)/b20-16-,25-21-,26-22-,32-28-,36-33-,37-34-,42-40-,43-41-. The van der Waals surface area contributed by atoms with E-state index >= 15 is 0 Å². The van der Waals surface area contributed by atoms with Gasteiger partial charge in [-0.3, -0.25) is 37.3 Å². The Kier molecular flexibility index (Phi) is 76.1. The summed E-state index contributed by atoms with van der Waals surface area (Å²) >= 11 is 0. The maximum atomic E-state index is 13.1. The minimum Gasteiger partial charge on any atom is -0.462 e. The molecule has 0 amide bonds. The van der Waals surface area contributed by atoms with E-state index in [1.54, 1.807) is 0 Å². The average molecular weight is 1530 g/mol. The second-order valence-corrected chi connectivity index (χ2v) is 31.3. The van der Waals surface area contributed by atoms with Gasteiger partial charge in [-0.25, -0.2) is 9.13 Å². The van der Waals surface area contributed by atoms with Gasteiger partial charge in [0.15, 0.2) is 12.2 Å². The van der Waals surface area contributed by atoms with E-state index in [0.717, 1.165) is 193 Å². The summed E-state index contributed by atoms with van der Waals surface area (Å²) in [7, 11) is -9.97. The van der Waals surface area contributed by atoms with Gasteiger partial charge in [0.2, 0.25) is 0 Å². The van der Waals surface area contributed by atoms with Gasteiger partial charge in [0.25, 0.3) is 0 Å². The van der Waals surface area contributed by atoms with Gasteiger partial charge in [-0.15, -0.1) is 0 Å². The second kappa shape index (κ2) is 79.1. The number of aliphatic hydroxyl groups excluding tert-OH is 1. The molecule has 5 unspecified atom stereocenters. The third-order valence-corrected chi connectivity index (χ3v) is 19.9. The van der Waals surface area contributed by atoms with Crippen molar-refractivity contribution >= 4 is 39.5 Å². The van der Waals surface area contributed by atoms with Crippen LogP contribution >= 0.6 is 15.6 Å². The maximum Gasteiger partial charge on any atom is 0.472 e. The molecule has 0 aromatic carbocycles. The molecule has 0 aliphatic carbocycles. The summed E-state index contributed by atoms with van der Waals surface area (Å²) in [6, 6.07) is 0. The van der Waals surface area contributed by atoms with Crippen molar-refractivity contribution in [3.8, 4) is 0 Å². The summed E-state index contributed by atoms with van der Waals surface area (Å²) in [5, 5.41) is 10.7. The molecule has 0 saturated carbocycles. The molecule has 0 spiro atoms. The lowest BCUT2D eigenvalue weighted by atomic mass is 10.0. The summed E-state index contributed by atoms with van der Waals surface area (Å²) in [5.41, 5.74) is 0. The van der Waals surface area contributed by atoms with Gasteiger partial charge in [0.05, 0.1) is 26.4 Å². The maximum absolute atomic E-state index is 13.1. The fourth-order valence-corrected chi connectivity index (χ4v) is 13.1. The summed E-state index contributed by atoms with van der Waals surface area (Å²) in [5.74, 6) is -2.19. The first kappa shape index (κ1) is 102. The van der Waals surface area contributed by atoms with E-state index in [-0.39, 0.29) is 25.7 Å². The molecule has 19 heteroatoms. The fourth-order valence-electron chi connectivity index (χ4n) is 11.5. The lowest BCUT2D eigenvalue weighted by molar-refractivity contribution is -0.161. The predicted molar refractivity (Wildman–Crippen MR) is 436 cm³/mol. The molecule has 0 bridgehead atoms. The molecule has 0 heterocycles. The van der Waals surface area contributed by atoms with E-state index in [2.05, 4.69) is 125 Å². The van der Waals surface area contributed by atoms with Crippen molar-refractivity contribution in [3.63, 3.8) is 0 Å². The van der Waals surface area contributed by atoms with Crippen molar-refractivity contribution in [2.75, 3.05) is 39.6 Å². The van der Waals surface area contributed by atoms with Crippen LogP contribution < -0.4 is 0 Å². The van der Waals surface area contributed by atoms with E-state index in [4.69, 9.17) is 37.0 Å². The van der Waals surface area contributed by atoms with Crippen LogP contribution in [0.4, 0.5) is 0 Å². The number of phosphoric acid groups is 2. The Labute approximate surface area is 646 Å². The van der Waals surface area contributed by atoms with Crippen LogP contribution in [0.15, 0.2) is 97.2 Å². The van der Waals surface area contributed by atoms with E-state index < -0.39 is 97.5 Å². The number of ether oxygens (including phenoxy) is 4. The minimum atomic E-state index is -4.98. The Morgan fingerprint density at radius 2 is 0.481 bits per heavy atom. The molecule has 5 atom stereocenters. The zero-order chi connectivity index (χ0) is 77.4. The van der Waals surface area contributed by atoms with Gasteiger partial charge < -0.3 is 33.8 Å².